The lowest BCUT2D eigenvalue weighted by molar-refractivity contribution is -0.144. The van der Waals surface area contributed by atoms with Crippen LogP contribution in [0.25, 0.3) is 0 Å². The monoisotopic (exact) mass is 132 g/mol. The minimum Gasteiger partial charge on any atom is -0.335 e. The highest BCUT2D eigenvalue weighted by atomic mass is 16.5. The Morgan fingerprint density at radius 3 is 2.89 bits per heavy atom. The van der Waals surface area contributed by atoms with E-state index in [-0.39, 0.29) is 5.06 Å². The molecule has 1 heterocycles. The second-order valence-electron chi connectivity index (χ2n) is 1.62. The van der Waals surface area contributed by atoms with Gasteiger partial charge < -0.3 is 4.90 Å². The maximum absolute atomic E-state index is 10.7. The summed E-state index contributed by atoms with van der Waals surface area (Å²) in [5, 5.41) is 15.8. The summed E-state index contributed by atoms with van der Waals surface area (Å²) in [4.78, 5) is 11.2. The van der Waals surface area contributed by atoms with Crippen molar-refractivity contribution < 1.29 is 14.1 Å². The zero-order valence-corrected chi connectivity index (χ0v) is 4.46. The third-order valence-electron chi connectivity index (χ3n) is 0.986. The van der Waals surface area contributed by atoms with Gasteiger partial charge in [0.1, 0.15) is 6.54 Å². The molecule has 1 rings (SSSR count). The van der Waals surface area contributed by atoms with Crippen molar-refractivity contribution in [3.8, 4) is 0 Å². The molecule has 1 fully saturated rings. The van der Waals surface area contributed by atoms with Crippen LogP contribution in [-0.4, -0.2) is 40.6 Å². The molecule has 1 aliphatic rings. The zero-order chi connectivity index (χ0) is 9.52. The highest BCUT2D eigenvalue weighted by Gasteiger charge is 2.28. The number of nitrogens with one attached hydrogen (secondary N) is 1. The molecule has 0 bridgehead atoms. The first-order valence-electron chi connectivity index (χ1n) is 3.72. The highest BCUT2D eigenvalue weighted by molar-refractivity contribution is 6.01. The Kier molecular flexibility index (Phi) is 0.597. The molecule has 2 N–H and O–H groups in total. The number of hydrogen-bond donors (Lipinski definition) is 2. The molecule has 0 unspecified atom stereocenters. The molecule has 0 atom stereocenters. The topological polar surface area (TPSA) is 67.6 Å². The molecule has 0 aromatic carbocycles. The highest BCUT2D eigenvalue weighted by Crippen LogP contribution is 2.01. The number of nitrogens with zero attached hydrogens (tertiary/aromatic N) is 2. The molecule has 5 nitrogen and oxygen atoms in total. The van der Waals surface area contributed by atoms with Gasteiger partial charge in [0.2, 0.25) is 5.96 Å². The van der Waals surface area contributed by atoms with Crippen LogP contribution in [0.15, 0.2) is 0 Å². The molecule has 9 heavy (non-hydrogen) atoms. The molecule has 1 aliphatic heterocycles. The van der Waals surface area contributed by atoms with Gasteiger partial charge in [-0.15, -0.1) is 0 Å². The summed E-state index contributed by atoms with van der Waals surface area (Å²) < 4.78 is 20.6. The van der Waals surface area contributed by atoms with Gasteiger partial charge in [0.15, 0.2) is 0 Å². The summed E-state index contributed by atoms with van der Waals surface area (Å²) in [6, 6.07) is 0. The second kappa shape index (κ2) is 1.70. The van der Waals surface area contributed by atoms with E-state index in [1.54, 1.807) is 0 Å². The average molecular weight is 132 g/mol. The number of carbonyl (C=O) groups excluding carboxylic acids is 1. The first-order chi connectivity index (χ1) is 5.34. The van der Waals surface area contributed by atoms with E-state index in [2.05, 4.69) is 0 Å². The lowest BCUT2D eigenvalue weighted by Gasteiger charge is -2.07. The van der Waals surface area contributed by atoms with Crippen LogP contribution >= 0.6 is 0 Å². The van der Waals surface area contributed by atoms with Crippen molar-refractivity contribution in [2.24, 2.45) is 0 Å². The normalized spacial score (nSPS) is 26.1. The number of guanidine groups is 1. The van der Waals surface area contributed by atoms with Crippen molar-refractivity contribution in [3.63, 3.8) is 0 Å². The van der Waals surface area contributed by atoms with E-state index in [9.17, 15) is 4.79 Å². The summed E-state index contributed by atoms with van der Waals surface area (Å²) in [7, 11) is 0. The van der Waals surface area contributed by atoms with Crippen molar-refractivity contribution in [1.29, 1.82) is 5.41 Å². The van der Waals surface area contributed by atoms with E-state index in [4.69, 9.17) is 14.7 Å². The van der Waals surface area contributed by atoms with Crippen molar-refractivity contribution in [2.45, 2.75) is 0 Å². The van der Waals surface area contributed by atoms with Crippen LogP contribution in [0.4, 0.5) is 0 Å². The lowest BCUT2D eigenvalue weighted by Crippen LogP contribution is -2.28. The quantitative estimate of drug-likeness (QED) is 0.419. The molecule has 0 saturated carbocycles. The van der Waals surface area contributed by atoms with Gasteiger partial charge in [-0.3, -0.25) is 15.4 Å². The number of likely N-dealkylation sites (N-methyl/N-ethyl adjacent to an activating group) is 1. The van der Waals surface area contributed by atoms with E-state index in [0.717, 1.165) is 0 Å². The van der Waals surface area contributed by atoms with Gasteiger partial charge in [-0.05, 0) is 0 Å². The molecule has 50 valence electrons. The smallest absolute Gasteiger partial charge is 0.272 e. The summed E-state index contributed by atoms with van der Waals surface area (Å²) in [5.41, 5.74) is 0. The number of rotatable bonds is 0. The average Bonchev–Trinajstić information content (AvgIpc) is 2.15. The summed E-state index contributed by atoms with van der Waals surface area (Å²) in [6.07, 6.45) is 0. The van der Waals surface area contributed by atoms with Crippen LogP contribution in [0.1, 0.15) is 4.11 Å². The first-order valence-corrected chi connectivity index (χ1v) is 2.22. The lowest BCUT2D eigenvalue weighted by atomic mass is 10.6. The number of hydrogen-bond acceptors (Lipinski definition) is 3. The predicted molar refractivity (Wildman–Crippen MR) is 29.0 cm³/mol. The minimum absolute atomic E-state index is 0.0202. The van der Waals surface area contributed by atoms with Crippen LogP contribution in [0, 0.1) is 5.41 Å². The SMILES string of the molecule is [2H]C([2H])([2H])N1CC(=O)N(O)C1=N. The fourth-order valence-corrected chi connectivity index (χ4v) is 0.510. The Balaban J connectivity index is 2.86. The molecular weight excluding hydrogens is 122 g/mol. The summed E-state index contributed by atoms with van der Waals surface area (Å²) in [5.74, 6) is -1.52. The van der Waals surface area contributed by atoms with Crippen molar-refractivity contribution in [1.82, 2.24) is 9.96 Å². The number of hydroxylamine groups is 2. The molecule has 0 aromatic heterocycles. The van der Waals surface area contributed by atoms with E-state index in [1.165, 1.54) is 0 Å². The molecule has 0 radical (unpaired) electrons. The first kappa shape index (κ1) is 3.17. The standard InChI is InChI=1S/C4H7N3O2/c1-6-2-3(8)7(9)4(6)5/h5,9H,2H2,1H3/i1D3. The van der Waals surface area contributed by atoms with Gasteiger partial charge in [-0.1, -0.05) is 0 Å². The number of amides is 1. The molecule has 1 amide bonds. The Labute approximate surface area is 56.2 Å². The van der Waals surface area contributed by atoms with E-state index >= 15 is 0 Å². The van der Waals surface area contributed by atoms with Gasteiger partial charge in [0.05, 0.1) is 0 Å². The van der Waals surface area contributed by atoms with Crippen LogP contribution in [-0.2, 0) is 4.79 Å². The van der Waals surface area contributed by atoms with Crippen molar-refractivity contribution in [2.75, 3.05) is 13.5 Å². The van der Waals surface area contributed by atoms with Gasteiger partial charge in [0, 0.05) is 11.1 Å². The number of carbonyl (C=O) groups is 1. The van der Waals surface area contributed by atoms with Gasteiger partial charge in [0.25, 0.3) is 5.91 Å². The van der Waals surface area contributed by atoms with Gasteiger partial charge in [-0.2, -0.15) is 5.06 Å². The third kappa shape index (κ3) is 0.746. The Bertz CT molecular complexity index is 238. The van der Waals surface area contributed by atoms with Crippen LogP contribution < -0.4 is 0 Å². The Hall–Kier alpha value is -1.10. The molecule has 0 aromatic rings. The predicted octanol–water partition coefficient (Wildman–Crippen LogP) is -0.916. The molecule has 1 saturated heterocycles. The fraction of sp³-hybridized carbons (Fsp3) is 0.500. The minimum atomic E-state index is -2.55. The largest absolute Gasteiger partial charge is 0.335 e. The molecule has 5 heteroatoms. The summed E-state index contributed by atoms with van der Waals surface area (Å²) in [6.45, 7) is -3.03. The summed E-state index contributed by atoms with van der Waals surface area (Å²) >= 11 is 0. The van der Waals surface area contributed by atoms with Crippen LogP contribution in [0.5, 0.6) is 0 Å². The Morgan fingerprint density at radius 2 is 2.67 bits per heavy atom. The van der Waals surface area contributed by atoms with Crippen molar-refractivity contribution in [3.05, 3.63) is 0 Å². The molecular formula is C4H7N3O2. The zero-order valence-electron chi connectivity index (χ0n) is 7.46. The maximum atomic E-state index is 10.7. The maximum Gasteiger partial charge on any atom is 0.272 e. The van der Waals surface area contributed by atoms with Gasteiger partial charge in [-0.25, -0.2) is 0 Å². The van der Waals surface area contributed by atoms with E-state index < -0.39 is 25.4 Å². The van der Waals surface area contributed by atoms with Crippen LogP contribution in [0.2, 0.25) is 0 Å². The van der Waals surface area contributed by atoms with E-state index in [0.29, 0.717) is 4.90 Å². The van der Waals surface area contributed by atoms with Crippen molar-refractivity contribution >= 4 is 11.9 Å². The third-order valence-corrected chi connectivity index (χ3v) is 0.986. The molecule has 0 spiro atoms. The molecule has 0 aliphatic carbocycles. The fourth-order valence-electron chi connectivity index (χ4n) is 0.510. The van der Waals surface area contributed by atoms with E-state index in [1.807, 2.05) is 0 Å². The van der Waals surface area contributed by atoms with Crippen LogP contribution in [0.3, 0.4) is 0 Å². The Morgan fingerprint density at radius 1 is 2.00 bits per heavy atom. The second-order valence-corrected chi connectivity index (χ2v) is 1.62. The van der Waals surface area contributed by atoms with Gasteiger partial charge >= 0.3 is 0 Å².